The molecule has 0 radical (unpaired) electrons. The Balaban J connectivity index is 1.37. The number of halogens is 3. The Morgan fingerprint density at radius 2 is 1.50 bits per heavy atom. The smallest absolute Gasteiger partial charge is 0.251 e. The molecular weight excluding hydrogens is 477 g/mol. The summed E-state index contributed by atoms with van der Waals surface area (Å²) in [5.41, 5.74) is 2.96. The van der Waals surface area contributed by atoms with Crippen LogP contribution in [0.2, 0.25) is 15.1 Å². The summed E-state index contributed by atoms with van der Waals surface area (Å²) in [7, 11) is 0. The highest BCUT2D eigenvalue weighted by Gasteiger charge is 2.06. The van der Waals surface area contributed by atoms with E-state index in [9.17, 15) is 4.79 Å². The van der Waals surface area contributed by atoms with Crippen LogP contribution in [0.25, 0.3) is 0 Å². The van der Waals surface area contributed by atoms with E-state index in [0.717, 1.165) is 27.8 Å². The first-order valence-corrected chi connectivity index (χ1v) is 12.6. The summed E-state index contributed by atoms with van der Waals surface area (Å²) >= 11 is 21.3. The number of nitrogens with one attached hydrogen (secondary N) is 1. The maximum Gasteiger partial charge on any atom is 0.251 e. The van der Waals surface area contributed by atoms with E-state index in [4.69, 9.17) is 34.8 Å². The molecular formula is C23H20Cl3NOS2. The Morgan fingerprint density at radius 1 is 0.800 bits per heavy atom. The summed E-state index contributed by atoms with van der Waals surface area (Å²) in [5, 5.41) is 4.83. The van der Waals surface area contributed by atoms with E-state index >= 15 is 0 Å². The number of hydrogen-bond acceptors (Lipinski definition) is 3. The van der Waals surface area contributed by atoms with Crippen molar-refractivity contribution in [3.05, 3.63) is 98.5 Å². The lowest BCUT2D eigenvalue weighted by molar-refractivity contribution is 0.0956. The van der Waals surface area contributed by atoms with Gasteiger partial charge in [-0.25, -0.2) is 0 Å². The van der Waals surface area contributed by atoms with Crippen molar-refractivity contribution in [3.63, 3.8) is 0 Å². The van der Waals surface area contributed by atoms with Crippen LogP contribution in [0.1, 0.15) is 21.5 Å². The standard InChI is InChI=1S/C23H20Cl3NOS2/c24-19-6-8-20(9-7-19)30-15-16-1-4-18(5-2-16)23(28)27-11-12-29-14-17-3-10-21(25)22(26)13-17/h1-10,13H,11-12,14-15H2,(H,27,28). The van der Waals surface area contributed by atoms with Crippen LogP contribution in [0.5, 0.6) is 0 Å². The van der Waals surface area contributed by atoms with Crippen LogP contribution in [0.4, 0.5) is 0 Å². The van der Waals surface area contributed by atoms with Gasteiger partial charge in [0.15, 0.2) is 0 Å². The Kier molecular flexibility index (Phi) is 9.28. The van der Waals surface area contributed by atoms with Crippen LogP contribution in [-0.4, -0.2) is 18.2 Å². The van der Waals surface area contributed by atoms with Crippen molar-refractivity contribution in [3.8, 4) is 0 Å². The highest BCUT2D eigenvalue weighted by atomic mass is 35.5. The molecule has 0 aliphatic rings. The van der Waals surface area contributed by atoms with Crippen LogP contribution in [0.15, 0.2) is 71.6 Å². The quantitative estimate of drug-likeness (QED) is 0.244. The number of rotatable bonds is 9. The van der Waals surface area contributed by atoms with Crippen molar-refractivity contribution in [2.24, 2.45) is 0 Å². The van der Waals surface area contributed by atoms with Crippen molar-refractivity contribution in [2.45, 2.75) is 16.4 Å². The van der Waals surface area contributed by atoms with Gasteiger partial charge in [-0.15, -0.1) is 11.8 Å². The Labute approximate surface area is 200 Å². The second kappa shape index (κ2) is 11.9. The zero-order valence-corrected chi connectivity index (χ0v) is 19.9. The molecule has 0 spiro atoms. The van der Waals surface area contributed by atoms with Crippen LogP contribution < -0.4 is 5.32 Å². The summed E-state index contributed by atoms with van der Waals surface area (Å²) in [5.74, 6) is 2.44. The molecule has 3 rings (SSSR count). The number of benzene rings is 3. The first-order chi connectivity index (χ1) is 14.5. The molecule has 0 bridgehead atoms. The summed E-state index contributed by atoms with van der Waals surface area (Å²) < 4.78 is 0. The Hall–Kier alpha value is -1.30. The van der Waals surface area contributed by atoms with Gasteiger partial charge in [0.05, 0.1) is 10.0 Å². The van der Waals surface area contributed by atoms with E-state index in [0.29, 0.717) is 22.2 Å². The van der Waals surface area contributed by atoms with E-state index in [2.05, 4.69) is 5.32 Å². The van der Waals surface area contributed by atoms with Gasteiger partial charge in [0.2, 0.25) is 0 Å². The number of amides is 1. The summed E-state index contributed by atoms with van der Waals surface area (Å²) in [6, 6.07) is 21.2. The maximum absolute atomic E-state index is 12.3. The molecule has 0 heterocycles. The van der Waals surface area contributed by atoms with Crippen molar-refractivity contribution < 1.29 is 4.79 Å². The first kappa shape index (κ1) is 23.4. The third kappa shape index (κ3) is 7.44. The largest absolute Gasteiger partial charge is 0.351 e. The van der Waals surface area contributed by atoms with Gasteiger partial charge in [-0.05, 0) is 59.7 Å². The maximum atomic E-state index is 12.3. The van der Waals surface area contributed by atoms with Gasteiger partial charge < -0.3 is 5.32 Å². The number of thioether (sulfide) groups is 2. The molecule has 3 aromatic carbocycles. The van der Waals surface area contributed by atoms with Gasteiger partial charge in [0.1, 0.15) is 0 Å². The van der Waals surface area contributed by atoms with Crippen molar-refractivity contribution in [1.82, 2.24) is 5.32 Å². The zero-order chi connectivity index (χ0) is 21.3. The molecule has 2 nitrogen and oxygen atoms in total. The molecule has 0 atom stereocenters. The molecule has 0 unspecified atom stereocenters. The van der Waals surface area contributed by atoms with Gasteiger partial charge in [0, 0.05) is 39.3 Å². The average molecular weight is 497 g/mol. The summed E-state index contributed by atoms with van der Waals surface area (Å²) in [6.45, 7) is 0.610. The predicted molar refractivity (Wildman–Crippen MR) is 132 cm³/mol. The molecule has 0 aromatic heterocycles. The lowest BCUT2D eigenvalue weighted by Crippen LogP contribution is -2.25. The fraction of sp³-hybridized carbons (Fsp3) is 0.174. The lowest BCUT2D eigenvalue weighted by atomic mass is 10.1. The second-order valence-electron chi connectivity index (χ2n) is 6.50. The number of hydrogen-bond donors (Lipinski definition) is 1. The molecule has 0 aliphatic heterocycles. The van der Waals surface area contributed by atoms with Gasteiger partial charge in [-0.1, -0.05) is 53.0 Å². The summed E-state index contributed by atoms with van der Waals surface area (Å²) in [6.07, 6.45) is 0. The average Bonchev–Trinajstić information content (AvgIpc) is 2.76. The third-order valence-corrected chi connectivity index (χ3v) is 7.32. The molecule has 0 saturated heterocycles. The SMILES string of the molecule is O=C(NCCSCc1ccc(Cl)c(Cl)c1)c1ccc(CSc2ccc(Cl)cc2)cc1. The van der Waals surface area contributed by atoms with E-state index in [-0.39, 0.29) is 5.91 Å². The minimum Gasteiger partial charge on any atom is -0.351 e. The van der Waals surface area contributed by atoms with E-state index in [1.54, 1.807) is 29.6 Å². The molecule has 156 valence electrons. The van der Waals surface area contributed by atoms with E-state index in [1.807, 2.05) is 60.7 Å². The van der Waals surface area contributed by atoms with Crippen LogP contribution in [0.3, 0.4) is 0 Å². The van der Waals surface area contributed by atoms with E-state index in [1.165, 1.54) is 10.5 Å². The molecule has 0 saturated carbocycles. The van der Waals surface area contributed by atoms with Crippen LogP contribution in [0, 0.1) is 0 Å². The molecule has 1 amide bonds. The topological polar surface area (TPSA) is 29.1 Å². The summed E-state index contributed by atoms with van der Waals surface area (Å²) in [4.78, 5) is 13.5. The fourth-order valence-corrected chi connectivity index (χ4v) is 4.72. The molecule has 1 N–H and O–H groups in total. The minimum absolute atomic E-state index is 0.0537. The number of carbonyl (C=O) groups excluding carboxylic acids is 1. The highest BCUT2D eigenvalue weighted by molar-refractivity contribution is 7.98. The minimum atomic E-state index is -0.0537. The molecule has 0 fully saturated rings. The Bertz CT molecular complexity index is 979. The fourth-order valence-electron chi connectivity index (χ4n) is 2.61. The third-order valence-electron chi connectivity index (χ3n) is 4.22. The van der Waals surface area contributed by atoms with Crippen LogP contribution >= 0.6 is 58.3 Å². The van der Waals surface area contributed by atoms with E-state index < -0.39 is 0 Å². The van der Waals surface area contributed by atoms with Crippen LogP contribution in [-0.2, 0) is 11.5 Å². The van der Waals surface area contributed by atoms with Crippen molar-refractivity contribution >= 4 is 64.2 Å². The molecule has 30 heavy (non-hydrogen) atoms. The lowest BCUT2D eigenvalue weighted by Gasteiger charge is -2.07. The molecule has 3 aromatic rings. The Morgan fingerprint density at radius 3 is 2.20 bits per heavy atom. The van der Waals surface area contributed by atoms with Gasteiger partial charge in [-0.2, -0.15) is 11.8 Å². The van der Waals surface area contributed by atoms with Crippen molar-refractivity contribution in [1.29, 1.82) is 0 Å². The van der Waals surface area contributed by atoms with Crippen molar-refractivity contribution in [2.75, 3.05) is 12.3 Å². The monoisotopic (exact) mass is 495 g/mol. The predicted octanol–water partition coefficient (Wildman–Crippen LogP) is 7.60. The number of carbonyl (C=O) groups is 1. The molecule has 7 heteroatoms. The van der Waals surface area contributed by atoms with Gasteiger partial charge in [0.25, 0.3) is 5.91 Å². The zero-order valence-electron chi connectivity index (χ0n) is 16.0. The molecule has 0 aliphatic carbocycles. The normalized spacial score (nSPS) is 10.8. The first-order valence-electron chi connectivity index (χ1n) is 9.28. The van der Waals surface area contributed by atoms with Gasteiger partial charge >= 0.3 is 0 Å². The second-order valence-corrected chi connectivity index (χ2v) is 9.90. The highest BCUT2D eigenvalue weighted by Crippen LogP contribution is 2.25. The van der Waals surface area contributed by atoms with Gasteiger partial charge in [-0.3, -0.25) is 4.79 Å².